The van der Waals surface area contributed by atoms with Crippen molar-refractivity contribution in [2.24, 2.45) is 0 Å². The summed E-state index contributed by atoms with van der Waals surface area (Å²) >= 11 is 6.08. The smallest absolute Gasteiger partial charge is 0.203 e. The lowest BCUT2D eigenvalue weighted by atomic mass is 10.3. The predicted molar refractivity (Wildman–Crippen MR) is 89.8 cm³/mol. The normalized spacial score (nSPS) is 10.6. The molecule has 1 aromatic heterocycles. The molecule has 7 heteroatoms. The van der Waals surface area contributed by atoms with Gasteiger partial charge in [0.1, 0.15) is 12.4 Å². The summed E-state index contributed by atoms with van der Waals surface area (Å²) in [5.74, 6) is 0.639. The lowest BCUT2D eigenvalue weighted by Gasteiger charge is -2.09. The number of aromatic nitrogens is 2. The minimum absolute atomic E-state index is 0. The molecule has 0 amide bonds. The van der Waals surface area contributed by atoms with E-state index in [-0.39, 0.29) is 19.0 Å². The lowest BCUT2D eigenvalue weighted by Crippen LogP contribution is -3.00. The maximum atomic E-state index is 9.22. The number of rotatable bonds is 6. The molecule has 0 fully saturated rings. The molecule has 0 saturated heterocycles. The predicted octanol–water partition coefficient (Wildman–Crippen LogP) is -0.349. The minimum atomic E-state index is 0. The first-order chi connectivity index (χ1) is 11.2. The highest BCUT2D eigenvalue weighted by atomic mass is 35.5. The van der Waals surface area contributed by atoms with Crippen LogP contribution in [0.5, 0.6) is 5.75 Å². The van der Waals surface area contributed by atoms with Gasteiger partial charge in [-0.1, -0.05) is 35.9 Å². The molecule has 0 bridgehead atoms. The van der Waals surface area contributed by atoms with Crippen molar-refractivity contribution in [1.29, 1.82) is 5.41 Å². The van der Waals surface area contributed by atoms with Gasteiger partial charge in [-0.15, -0.1) is 0 Å². The fourth-order valence-corrected chi connectivity index (χ4v) is 2.85. The number of aliphatic hydroxyl groups excluding tert-OH is 1. The second kappa shape index (κ2) is 8.24. The summed E-state index contributed by atoms with van der Waals surface area (Å²) in [6.45, 7) is 1.34. The molecule has 0 saturated carbocycles. The van der Waals surface area contributed by atoms with Gasteiger partial charge in [-0.3, -0.25) is 5.41 Å². The van der Waals surface area contributed by atoms with Crippen molar-refractivity contribution < 1.29 is 22.3 Å². The van der Waals surface area contributed by atoms with Crippen LogP contribution in [-0.2, 0) is 13.1 Å². The van der Waals surface area contributed by atoms with E-state index >= 15 is 0 Å². The summed E-state index contributed by atoms with van der Waals surface area (Å²) < 4.78 is 9.39. The summed E-state index contributed by atoms with van der Waals surface area (Å²) in [7, 11) is 0. The largest absolute Gasteiger partial charge is 1.00 e. The van der Waals surface area contributed by atoms with Gasteiger partial charge in [-0.25, -0.2) is 0 Å². The maximum absolute atomic E-state index is 9.22. The number of ether oxygens (including phenoxy) is 1. The maximum Gasteiger partial charge on any atom is 0.203 e. The number of fused-ring (bicyclic) bond motifs is 1. The molecule has 0 spiro atoms. The number of hydrogen-bond donors (Lipinski definition) is 2. The van der Waals surface area contributed by atoms with Gasteiger partial charge in [0.25, 0.3) is 0 Å². The van der Waals surface area contributed by atoms with Crippen LogP contribution >= 0.6 is 11.6 Å². The third-order valence-corrected chi connectivity index (χ3v) is 4.02. The van der Waals surface area contributed by atoms with E-state index in [0.717, 1.165) is 11.0 Å². The molecule has 0 aliphatic rings. The van der Waals surface area contributed by atoms with Gasteiger partial charge < -0.3 is 31.4 Å². The Hall–Kier alpha value is -1.95. The van der Waals surface area contributed by atoms with E-state index in [0.29, 0.717) is 36.1 Å². The Bertz CT molecular complexity index is 874. The van der Waals surface area contributed by atoms with Crippen LogP contribution in [0, 0.1) is 5.41 Å². The van der Waals surface area contributed by atoms with E-state index in [1.165, 1.54) is 0 Å². The summed E-state index contributed by atoms with van der Waals surface area (Å²) in [5.41, 5.74) is 2.24. The zero-order valence-electron chi connectivity index (χ0n) is 13.0. The fourth-order valence-electron chi connectivity index (χ4n) is 2.66. The van der Waals surface area contributed by atoms with Crippen LogP contribution < -0.4 is 22.8 Å². The van der Waals surface area contributed by atoms with Crippen LogP contribution in [-0.4, -0.2) is 27.5 Å². The monoisotopic (exact) mass is 366 g/mol. The number of para-hydroxylation sites is 3. The van der Waals surface area contributed by atoms with E-state index in [4.69, 9.17) is 21.7 Å². The number of halogens is 2. The zero-order chi connectivity index (χ0) is 16.2. The molecule has 0 radical (unpaired) electrons. The van der Waals surface area contributed by atoms with Crippen molar-refractivity contribution in [3.8, 4) is 5.75 Å². The number of imidazole rings is 1. The van der Waals surface area contributed by atoms with Crippen molar-refractivity contribution in [3.05, 3.63) is 59.2 Å². The van der Waals surface area contributed by atoms with Gasteiger partial charge in [-0.05, 0) is 24.3 Å². The number of hydrogen-bond acceptors (Lipinski definition) is 3. The molecule has 1 heterocycles. The van der Waals surface area contributed by atoms with Crippen LogP contribution in [0.1, 0.15) is 0 Å². The van der Waals surface area contributed by atoms with Crippen LogP contribution in [0.2, 0.25) is 5.02 Å². The van der Waals surface area contributed by atoms with E-state index in [2.05, 4.69) is 0 Å². The molecule has 128 valence electrons. The topological polar surface area (TPSA) is 63.2 Å². The van der Waals surface area contributed by atoms with Crippen molar-refractivity contribution in [3.63, 3.8) is 0 Å². The molecule has 5 nitrogen and oxygen atoms in total. The van der Waals surface area contributed by atoms with Crippen molar-refractivity contribution in [2.45, 2.75) is 13.1 Å². The zero-order valence-corrected chi connectivity index (χ0v) is 14.5. The molecule has 2 N–H and O–H groups in total. The molecule has 0 unspecified atom stereocenters. The molecule has 24 heavy (non-hydrogen) atoms. The first-order valence-corrected chi connectivity index (χ1v) is 7.81. The molecule has 3 rings (SSSR count). The van der Waals surface area contributed by atoms with Crippen LogP contribution in [0.25, 0.3) is 11.0 Å². The Labute approximate surface area is 151 Å². The lowest BCUT2D eigenvalue weighted by molar-refractivity contribution is -0.00000631. The molecule has 3 aromatic rings. The van der Waals surface area contributed by atoms with E-state index < -0.39 is 0 Å². The highest BCUT2D eigenvalue weighted by Crippen LogP contribution is 2.23. The van der Waals surface area contributed by atoms with Crippen LogP contribution in [0.3, 0.4) is 0 Å². The minimum Gasteiger partial charge on any atom is -1.00 e. The van der Waals surface area contributed by atoms with Crippen molar-refractivity contribution >= 4 is 22.6 Å². The number of benzene rings is 2. The Balaban J connectivity index is 0.00000208. The first kappa shape index (κ1) is 18.4. The fraction of sp³-hybridized carbons (Fsp3) is 0.235. The molecular formula is C17H18Cl2N3O2-. The Kier molecular flexibility index (Phi) is 6.31. The highest BCUT2D eigenvalue weighted by Gasteiger charge is 2.10. The summed E-state index contributed by atoms with van der Waals surface area (Å²) in [6.07, 6.45) is 0. The summed E-state index contributed by atoms with van der Waals surface area (Å²) in [6, 6.07) is 15.1. The van der Waals surface area contributed by atoms with Gasteiger partial charge in [0.15, 0.2) is 0 Å². The second-order valence-electron chi connectivity index (χ2n) is 5.12. The van der Waals surface area contributed by atoms with Gasteiger partial charge in [0.05, 0.1) is 29.2 Å². The van der Waals surface area contributed by atoms with Gasteiger partial charge in [0, 0.05) is 6.54 Å². The Morgan fingerprint density at radius 2 is 1.54 bits per heavy atom. The quantitative estimate of drug-likeness (QED) is 0.626. The highest BCUT2D eigenvalue weighted by molar-refractivity contribution is 6.32. The van der Waals surface area contributed by atoms with Gasteiger partial charge >= 0.3 is 0 Å². The average Bonchev–Trinajstić information content (AvgIpc) is 2.83. The van der Waals surface area contributed by atoms with Gasteiger partial charge in [0.2, 0.25) is 5.62 Å². The summed E-state index contributed by atoms with van der Waals surface area (Å²) in [5, 5.41) is 18.1. The molecule has 0 aliphatic carbocycles. The second-order valence-corrected chi connectivity index (χ2v) is 5.53. The van der Waals surface area contributed by atoms with E-state index in [1.54, 1.807) is 10.6 Å². The van der Waals surface area contributed by atoms with E-state index in [1.807, 2.05) is 47.0 Å². The standard InChI is InChI=1S/C17H18ClN3O2.ClH/c18-13-5-1-4-8-16(13)23-12-10-21-15-7-3-2-6-14(15)20(9-11-22)17(21)19;/h1-8,19,22H,9-12H2;1H/p-1. The Morgan fingerprint density at radius 3 is 2.17 bits per heavy atom. The van der Waals surface area contributed by atoms with E-state index in [9.17, 15) is 5.11 Å². The van der Waals surface area contributed by atoms with Crippen molar-refractivity contribution in [2.75, 3.05) is 13.2 Å². The summed E-state index contributed by atoms with van der Waals surface area (Å²) in [4.78, 5) is 0. The third-order valence-electron chi connectivity index (χ3n) is 3.71. The number of nitrogens with zero attached hydrogens (tertiary/aromatic N) is 2. The molecule has 0 atom stereocenters. The average molecular weight is 367 g/mol. The van der Waals surface area contributed by atoms with Gasteiger partial charge in [-0.2, -0.15) is 0 Å². The number of aliphatic hydroxyl groups is 1. The number of nitrogens with one attached hydrogen (secondary N) is 1. The third kappa shape index (κ3) is 3.59. The van der Waals surface area contributed by atoms with Crippen molar-refractivity contribution in [1.82, 2.24) is 9.13 Å². The van der Waals surface area contributed by atoms with Crippen LogP contribution in [0.15, 0.2) is 48.5 Å². The SMILES string of the molecule is N=c1n(CCO)c2ccccc2n1CCOc1ccccc1Cl.[Cl-]. The molecule has 2 aromatic carbocycles. The first-order valence-electron chi connectivity index (χ1n) is 7.43. The molecule has 0 aliphatic heterocycles. The molecular weight excluding hydrogens is 349 g/mol. The van der Waals surface area contributed by atoms with Crippen LogP contribution in [0.4, 0.5) is 0 Å². The Morgan fingerprint density at radius 1 is 0.958 bits per heavy atom.